The van der Waals surface area contributed by atoms with E-state index < -0.39 is 17.5 Å². The number of para-hydroxylation sites is 1. The van der Waals surface area contributed by atoms with E-state index in [0.717, 1.165) is 30.2 Å². The van der Waals surface area contributed by atoms with Crippen LogP contribution in [0.2, 0.25) is 0 Å². The molecule has 21 heavy (non-hydrogen) atoms. The van der Waals surface area contributed by atoms with E-state index in [1.54, 1.807) is 4.90 Å². The van der Waals surface area contributed by atoms with E-state index in [1.165, 1.54) is 12.1 Å². The number of anilines is 1. The molecule has 1 unspecified atom stereocenters. The van der Waals surface area contributed by atoms with Crippen molar-refractivity contribution in [1.29, 1.82) is 0 Å². The molecule has 0 radical (unpaired) electrons. The number of nitrogens with zero attached hydrogens (tertiary/aromatic N) is 1. The van der Waals surface area contributed by atoms with Gasteiger partial charge in [0.15, 0.2) is 11.6 Å². The SMILES string of the molecule is CC1CCc2ccccc2N1C(=O)c1cccc(F)c1F. The number of amides is 1. The van der Waals surface area contributed by atoms with Gasteiger partial charge in [-0.25, -0.2) is 8.78 Å². The third kappa shape index (κ3) is 2.31. The Kier molecular flexibility index (Phi) is 3.45. The van der Waals surface area contributed by atoms with Crippen molar-refractivity contribution in [1.82, 2.24) is 0 Å². The number of aryl methyl sites for hydroxylation is 1. The van der Waals surface area contributed by atoms with Crippen LogP contribution >= 0.6 is 0 Å². The van der Waals surface area contributed by atoms with Crippen molar-refractivity contribution in [2.45, 2.75) is 25.8 Å². The molecule has 1 aliphatic heterocycles. The average molecular weight is 287 g/mol. The van der Waals surface area contributed by atoms with Gasteiger partial charge in [-0.1, -0.05) is 24.3 Å². The predicted molar refractivity (Wildman–Crippen MR) is 77.4 cm³/mol. The van der Waals surface area contributed by atoms with Crippen LogP contribution in [0.25, 0.3) is 0 Å². The number of fused-ring (bicyclic) bond motifs is 1. The maximum absolute atomic E-state index is 13.9. The summed E-state index contributed by atoms with van der Waals surface area (Å²) in [6, 6.07) is 11.2. The summed E-state index contributed by atoms with van der Waals surface area (Å²) in [6.07, 6.45) is 1.69. The summed E-state index contributed by atoms with van der Waals surface area (Å²) < 4.78 is 27.2. The quantitative estimate of drug-likeness (QED) is 0.777. The molecule has 0 fully saturated rings. The molecule has 0 aromatic heterocycles. The second kappa shape index (κ2) is 5.28. The summed E-state index contributed by atoms with van der Waals surface area (Å²) in [7, 11) is 0. The number of rotatable bonds is 1. The lowest BCUT2D eigenvalue weighted by Crippen LogP contribution is -2.42. The molecule has 1 heterocycles. The van der Waals surface area contributed by atoms with Crippen molar-refractivity contribution in [2.75, 3.05) is 4.90 Å². The molecule has 0 aliphatic carbocycles. The number of carbonyl (C=O) groups is 1. The second-order valence-electron chi connectivity index (χ2n) is 5.29. The lowest BCUT2D eigenvalue weighted by molar-refractivity contribution is 0.0970. The number of benzene rings is 2. The molecule has 0 saturated heterocycles. The first kappa shape index (κ1) is 13.7. The van der Waals surface area contributed by atoms with Crippen LogP contribution in [0.1, 0.15) is 29.3 Å². The monoisotopic (exact) mass is 287 g/mol. The van der Waals surface area contributed by atoms with E-state index in [0.29, 0.717) is 0 Å². The Morgan fingerprint density at radius 2 is 1.90 bits per heavy atom. The molecule has 4 heteroatoms. The molecule has 2 nitrogen and oxygen atoms in total. The van der Waals surface area contributed by atoms with E-state index >= 15 is 0 Å². The van der Waals surface area contributed by atoms with Gasteiger partial charge in [0.25, 0.3) is 5.91 Å². The molecule has 108 valence electrons. The average Bonchev–Trinajstić information content (AvgIpc) is 2.49. The van der Waals surface area contributed by atoms with E-state index in [1.807, 2.05) is 31.2 Å². The van der Waals surface area contributed by atoms with Gasteiger partial charge in [-0.15, -0.1) is 0 Å². The smallest absolute Gasteiger partial charge is 0.261 e. The Bertz CT molecular complexity index is 699. The maximum Gasteiger partial charge on any atom is 0.261 e. The van der Waals surface area contributed by atoms with E-state index in [2.05, 4.69) is 0 Å². The molecular formula is C17H15F2NO. The van der Waals surface area contributed by atoms with Crippen molar-refractivity contribution >= 4 is 11.6 Å². The van der Waals surface area contributed by atoms with Crippen LogP contribution in [0.4, 0.5) is 14.5 Å². The minimum atomic E-state index is -1.09. The van der Waals surface area contributed by atoms with Gasteiger partial charge < -0.3 is 4.90 Å². The Hall–Kier alpha value is -2.23. The first-order valence-corrected chi connectivity index (χ1v) is 6.95. The van der Waals surface area contributed by atoms with Crippen LogP contribution in [0, 0.1) is 11.6 Å². The number of halogens is 2. The first-order chi connectivity index (χ1) is 10.1. The predicted octanol–water partition coefficient (Wildman–Crippen LogP) is 3.95. The second-order valence-corrected chi connectivity index (χ2v) is 5.29. The normalized spacial score (nSPS) is 17.5. The Labute approximate surface area is 122 Å². The molecule has 3 rings (SSSR count). The molecule has 0 bridgehead atoms. The van der Waals surface area contributed by atoms with Crippen LogP contribution in [-0.2, 0) is 6.42 Å². The zero-order valence-electron chi connectivity index (χ0n) is 11.6. The Morgan fingerprint density at radius 3 is 2.71 bits per heavy atom. The fourth-order valence-corrected chi connectivity index (χ4v) is 2.80. The van der Waals surface area contributed by atoms with Crippen molar-refractivity contribution in [3.8, 4) is 0 Å². The Morgan fingerprint density at radius 1 is 1.14 bits per heavy atom. The molecule has 2 aromatic carbocycles. The van der Waals surface area contributed by atoms with Gasteiger partial charge in [0.1, 0.15) is 0 Å². The zero-order chi connectivity index (χ0) is 15.0. The molecule has 1 aliphatic rings. The topological polar surface area (TPSA) is 20.3 Å². The number of hydrogen-bond donors (Lipinski definition) is 0. The van der Waals surface area contributed by atoms with Gasteiger partial charge in [-0.3, -0.25) is 4.79 Å². The minimum Gasteiger partial charge on any atom is -0.305 e. The van der Waals surface area contributed by atoms with Crippen molar-refractivity contribution in [2.24, 2.45) is 0 Å². The van der Waals surface area contributed by atoms with Gasteiger partial charge in [-0.2, -0.15) is 0 Å². The molecule has 1 atom stereocenters. The van der Waals surface area contributed by atoms with Crippen molar-refractivity contribution < 1.29 is 13.6 Å². The van der Waals surface area contributed by atoms with Crippen LogP contribution in [0.15, 0.2) is 42.5 Å². The summed E-state index contributed by atoms with van der Waals surface area (Å²) in [5.74, 6) is -2.58. The van der Waals surface area contributed by atoms with E-state index in [-0.39, 0.29) is 11.6 Å². The highest BCUT2D eigenvalue weighted by molar-refractivity contribution is 6.07. The van der Waals surface area contributed by atoms with Crippen molar-refractivity contribution in [3.63, 3.8) is 0 Å². The van der Waals surface area contributed by atoms with Crippen LogP contribution in [-0.4, -0.2) is 11.9 Å². The third-order valence-electron chi connectivity index (χ3n) is 3.92. The third-order valence-corrected chi connectivity index (χ3v) is 3.92. The largest absolute Gasteiger partial charge is 0.305 e. The van der Waals surface area contributed by atoms with Gasteiger partial charge >= 0.3 is 0 Å². The van der Waals surface area contributed by atoms with Gasteiger partial charge in [0, 0.05) is 11.7 Å². The van der Waals surface area contributed by atoms with Gasteiger partial charge in [0.2, 0.25) is 0 Å². The standard InChI is InChI=1S/C17H15F2NO/c1-11-9-10-12-5-2-3-8-15(12)20(11)17(21)13-6-4-7-14(18)16(13)19/h2-8,11H,9-10H2,1H3. The van der Waals surface area contributed by atoms with E-state index in [4.69, 9.17) is 0 Å². The first-order valence-electron chi connectivity index (χ1n) is 6.95. The van der Waals surface area contributed by atoms with Gasteiger partial charge in [0.05, 0.1) is 5.56 Å². The highest BCUT2D eigenvalue weighted by atomic mass is 19.2. The Balaban J connectivity index is 2.07. The molecule has 2 aromatic rings. The van der Waals surface area contributed by atoms with Crippen molar-refractivity contribution in [3.05, 3.63) is 65.2 Å². The summed E-state index contributed by atoms with van der Waals surface area (Å²) >= 11 is 0. The molecular weight excluding hydrogens is 272 g/mol. The fraction of sp³-hybridized carbons (Fsp3) is 0.235. The summed E-state index contributed by atoms with van der Waals surface area (Å²) in [4.78, 5) is 14.2. The summed E-state index contributed by atoms with van der Waals surface area (Å²) in [5.41, 5.74) is 1.62. The maximum atomic E-state index is 13.9. The zero-order valence-corrected chi connectivity index (χ0v) is 11.6. The highest BCUT2D eigenvalue weighted by Crippen LogP contribution is 2.32. The van der Waals surface area contributed by atoms with Gasteiger partial charge in [-0.05, 0) is 43.5 Å². The van der Waals surface area contributed by atoms with Crippen LogP contribution in [0.5, 0.6) is 0 Å². The van der Waals surface area contributed by atoms with Crippen LogP contribution in [0.3, 0.4) is 0 Å². The summed E-state index contributed by atoms with van der Waals surface area (Å²) in [6.45, 7) is 1.92. The highest BCUT2D eigenvalue weighted by Gasteiger charge is 2.30. The van der Waals surface area contributed by atoms with E-state index in [9.17, 15) is 13.6 Å². The molecule has 0 N–H and O–H groups in total. The van der Waals surface area contributed by atoms with Crippen LogP contribution < -0.4 is 4.90 Å². The fourth-order valence-electron chi connectivity index (χ4n) is 2.80. The lowest BCUT2D eigenvalue weighted by Gasteiger charge is -2.35. The molecule has 0 saturated carbocycles. The number of carbonyl (C=O) groups excluding carboxylic acids is 1. The summed E-state index contributed by atoms with van der Waals surface area (Å²) in [5, 5.41) is 0. The molecule has 1 amide bonds. The molecule has 0 spiro atoms. The minimum absolute atomic E-state index is 0.0462. The lowest BCUT2D eigenvalue weighted by atomic mass is 9.95. The number of hydrogen-bond acceptors (Lipinski definition) is 1.